The highest BCUT2D eigenvalue weighted by Crippen LogP contribution is 2.57. The van der Waals surface area contributed by atoms with Crippen LogP contribution in [0.25, 0.3) is 0 Å². The standard InChI is InChI=1S/C33H35F3N6O5/c1-41-13-11-31(12-14-41)16-20(18-46-31)38-27(43)19-7-8-23(25(15-19)45-3)39-30-37-17-22(33(34,35)36)28(40-30)47-24-6-4-5-21-26(24)29(44)42(2)32(21)9-10-32/h4-8,15,17,20H,9-14,16,18H2,1-3H3,(H,38,43)(H,37,39,40). The van der Waals surface area contributed by atoms with Crippen molar-refractivity contribution in [3.05, 3.63) is 64.8 Å². The highest BCUT2D eigenvalue weighted by molar-refractivity contribution is 6.03. The number of halogens is 3. The zero-order chi connectivity index (χ0) is 33.1. The molecule has 2 aromatic carbocycles. The summed E-state index contributed by atoms with van der Waals surface area (Å²) in [7, 11) is 5.18. The van der Waals surface area contributed by atoms with E-state index < -0.39 is 23.2 Å². The van der Waals surface area contributed by atoms with Gasteiger partial charge in [0.05, 0.1) is 42.1 Å². The van der Waals surface area contributed by atoms with E-state index in [1.165, 1.54) is 19.2 Å². The highest BCUT2D eigenvalue weighted by atomic mass is 19.4. The second kappa shape index (κ2) is 11.4. The van der Waals surface area contributed by atoms with Crippen LogP contribution >= 0.6 is 0 Å². The first kappa shape index (κ1) is 31.2. The maximum absolute atomic E-state index is 14.0. The molecule has 1 atom stereocenters. The maximum Gasteiger partial charge on any atom is 0.423 e. The van der Waals surface area contributed by atoms with Gasteiger partial charge in [0.2, 0.25) is 11.8 Å². The number of fused-ring (bicyclic) bond motifs is 2. The van der Waals surface area contributed by atoms with Crippen LogP contribution < -0.4 is 20.1 Å². The van der Waals surface area contributed by atoms with Crippen molar-refractivity contribution >= 4 is 23.5 Å². The van der Waals surface area contributed by atoms with Crippen LogP contribution in [-0.2, 0) is 16.5 Å². The van der Waals surface area contributed by atoms with Crippen molar-refractivity contribution in [2.75, 3.05) is 46.2 Å². The molecule has 248 valence electrons. The zero-order valence-corrected chi connectivity index (χ0v) is 26.2. The third-order valence-corrected chi connectivity index (χ3v) is 9.83. The van der Waals surface area contributed by atoms with Crippen molar-refractivity contribution in [3.8, 4) is 17.4 Å². The van der Waals surface area contributed by atoms with Crippen LogP contribution in [0.5, 0.6) is 17.4 Å². The molecule has 0 bridgehead atoms. The fourth-order valence-electron chi connectivity index (χ4n) is 6.93. The molecule has 1 unspecified atom stereocenters. The van der Waals surface area contributed by atoms with Crippen LogP contribution in [0.2, 0.25) is 0 Å². The Kier molecular flexibility index (Phi) is 7.54. The molecule has 4 aliphatic rings. The lowest BCUT2D eigenvalue weighted by molar-refractivity contribution is -0.139. The Bertz CT molecular complexity index is 1740. The van der Waals surface area contributed by atoms with Gasteiger partial charge >= 0.3 is 6.18 Å². The molecule has 3 aromatic rings. The van der Waals surface area contributed by atoms with Gasteiger partial charge in [-0.25, -0.2) is 4.98 Å². The molecule has 7 rings (SSSR count). The van der Waals surface area contributed by atoms with Gasteiger partial charge in [-0.05, 0) is 69.0 Å². The van der Waals surface area contributed by atoms with Crippen molar-refractivity contribution in [2.24, 2.45) is 0 Å². The number of alkyl halides is 3. The largest absolute Gasteiger partial charge is 0.495 e. The van der Waals surface area contributed by atoms with Crippen molar-refractivity contribution in [2.45, 2.75) is 55.5 Å². The summed E-state index contributed by atoms with van der Waals surface area (Å²) in [6, 6.07) is 9.47. The number of likely N-dealkylation sites (tertiary alicyclic amines) is 1. The minimum atomic E-state index is -4.83. The molecule has 2 N–H and O–H groups in total. The molecule has 2 spiro atoms. The van der Waals surface area contributed by atoms with Crippen LogP contribution in [0.15, 0.2) is 42.6 Å². The third-order valence-electron chi connectivity index (χ3n) is 9.83. The van der Waals surface area contributed by atoms with Gasteiger partial charge in [0.25, 0.3) is 11.8 Å². The molecule has 1 aliphatic carbocycles. The van der Waals surface area contributed by atoms with Crippen molar-refractivity contribution in [3.63, 3.8) is 0 Å². The number of hydrogen-bond donors (Lipinski definition) is 2. The molecule has 4 heterocycles. The first-order chi connectivity index (χ1) is 22.4. The van der Waals surface area contributed by atoms with Crippen LogP contribution in [0.4, 0.5) is 24.8 Å². The zero-order valence-electron chi connectivity index (χ0n) is 26.2. The number of nitrogens with one attached hydrogen (secondary N) is 2. The van der Waals surface area contributed by atoms with E-state index >= 15 is 0 Å². The van der Waals surface area contributed by atoms with Crippen molar-refractivity contribution in [1.29, 1.82) is 0 Å². The van der Waals surface area contributed by atoms with Gasteiger partial charge in [0.1, 0.15) is 17.1 Å². The molecule has 11 nitrogen and oxygen atoms in total. The number of nitrogens with zero attached hydrogens (tertiary/aromatic N) is 4. The smallest absolute Gasteiger partial charge is 0.423 e. The van der Waals surface area contributed by atoms with Gasteiger partial charge in [0.15, 0.2) is 0 Å². The number of amides is 2. The number of hydrogen-bond acceptors (Lipinski definition) is 9. The summed E-state index contributed by atoms with van der Waals surface area (Å²) < 4.78 is 59.5. The van der Waals surface area contributed by atoms with Crippen LogP contribution in [0.3, 0.4) is 0 Å². The molecule has 2 amide bonds. The first-order valence-electron chi connectivity index (χ1n) is 15.5. The number of ether oxygens (including phenoxy) is 3. The van der Waals surface area contributed by atoms with E-state index in [2.05, 4.69) is 32.5 Å². The molecular weight excluding hydrogens is 617 g/mol. The molecule has 14 heteroatoms. The number of carbonyl (C=O) groups excluding carboxylic acids is 2. The molecular formula is C33H35F3N6O5. The summed E-state index contributed by atoms with van der Waals surface area (Å²) in [5.74, 6) is -1.33. The van der Waals surface area contributed by atoms with E-state index in [4.69, 9.17) is 14.2 Å². The summed E-state index contributed by atoms with van der Waals surface area (Å²) in [6.45, 7) is 2.35. The van der Waals surface area contributed by atoms with E-state index in [-0.39, 0.29) is 46.5 Å². The van der Waals surface area contributed by atoms with Gasteiger partial charge in [-0.2, -0.15) is 18.2 Å². The SMILES string of the molecule is COc1cc(C(=O)NC2COC3(CCN(C)CC3)C2)ccc1Nc1ncc(C(F)(F)F)c(Oc2cccc3c2C(=O)N(C)C32CC2)n1. The normalized spacial score (nSPS) is 21.2. The number of methoxy groups -OCH3 is 1. The fourth-order valence-corrected chi connectivity index (χ4v) is 6.93. The summed E-state index contributed by atoms with van der Waals surface area (Å²) in [6.07, 6.45) is -0.0582. The summed E-state index contributed by atoms with van der Waals surface area (Å²) in [5, 5.41) is 5.93. The molecule has 1 aromatic heterocycles. The molecule has 2 saturated heterocycles. The van der Waals surface area contributed by atoms with Gasteiger partial charge in [0, 0.05) is 31.9 Å². The average Bonchev–Trinajstić information content (AvgIpc) is 3.72. The van der Waals surface area contributed by atoms with Crippen LogP contribution in [0.1, 0.15) is 63.9 Å². The number of rotatable bonds is 7. The Morgan fingerprint density at radius 1 is 1.09 bits per heavy atom. The Labute approximate surface area is 269 Å². The number of anilines is 2. The number of piperidine rings is 1. The Morgan fingerprint density at radius 2 is 1.85 bits per heavy atom. The lowest BCUT2D eigenvalue weighted by Gasteiger charge is -2.36. The Hall–Kier alpha value is -4.43. The number of benzene rings is 2. The van der Waals surface area contributed by atoms with E-state index in [9.17, 15) is 22.8 Å². The number of carbonyl (C=O) groups is 2. The van der Waals surface area contributed by atoms with Crippen molar-refractivity contribution in [1.82, 2.24) is 25.1 Å². The van der Waals surface area contributed by atoms with E-state index in [0.717, 1.165) is 50.8 Å². The van der Waals surface area contributed by atoms with Gasteiger partial charge in [-0.3, -0.25) is 9.59 Å². The highest BCUT2D eigenvalue weighted by Gasteiger charge is 2.57. The van der Waals surface area contributed by atoms with Crippen LogP contribution in [-0.4, -0.2) is 84.1 Å². The quantitative estimate of drug-likeness (QED) is 0.360. The lowest BCUT2D eigenvalue weighted by atomic mass is 9.87. The Balaban J connectivity index is 1.10. The lowest BCUT2D eigenvalue weighted by Crippen LogP contribution is -2.43. The topological polar surface area (TPSA) is 118 Å². The maximum atomic E-state index is 14.0. The van der Waals surface area contributed by atoms with E-state index in [1.807, 2.05) is 0 Å². The second-order valence-corrected chi connectivity index (χ2v) is 12.8. The predicted molar refractivity (Wildman–Crippen MR) is 164 cm³/mol. The Morgan fingerprint density at radius 3 is 2.55 bits per heavy atom. The number of aromatic nitrogens is 2. The third kappa shape index (κ3) is 5.63. The summed E-state index contributed by atoms with van der Waals surface area (Å²) >= 11 is 0. The molecule has 0 radical (unpaired) electrons. The summed E-state index contributed by atoms with van der Waals surface area (Å²) in [4.78, 5) is 38.1. The molecule has 3 fully saturated rings. The van der Waals surface area contributed by atoms with E-state index in [0.29, 0.717) is 24.1 Å². The minimum Gasteiger partial charge on any atom is -0.495 e. The predicted octanol–water partition coefficient (Wildman–Crippen LogP) is 5.10. The van der Waals surface area contributed by atoms with Gasteiger partial charge in [-0.1, -0.05) is 12.1 Å². The fraction of sp³-hybridized carbons (Fsp3) is 0.455. The summed E-state index contributed by atoms with van der Waals surface area (Å²) in [5.41, 5.74) is -0.207. The average molecular weight is 653 g/mol. The van der Waals surface area contributed by atoms with Crippen LogP contribution in [0, 0.1) is 0 Å². The minimum absolute atomic E-state index is 0.0133. The van der Waals surface area contributed by atoms with Gasteiger partial charge in [-0.15, -0.1) is 0 Å². The monoisotopic (exact) mass is 652 g/mol. The second-order valence-electron chi connectivity index (χ2n) is 12.8. The first-order valence-corrected chi connectivity index (χ1v) is 15.5. The molecule has 47 heavy (non-hydrogen) atoms. The molecule has 1 saturated carbocycles. The van der Waals surface area contributed by atoms with Crippen molar-refractivity contribution < 1.29 is 37.0 Å². The van der Waals surface area contributed by atoms with Gasteiger partial charge < -0.3 is 34.6 Å². The van der Waals surface area contributed by atoms with E-state index in [1.54, 1.807) is 36.2 Å². The molecule has 3 aliphatic heterocycles.